The van der Waals surface area contributed by atoms with Gasteiger partial charge in [-0.05, 0) is 23.8 Å². The molecular weight excluding hydrogens is 358 g/mol. The van der Waals surface area contributed by atoms with Gasteiger partial charge < -0.3 is 14.5 Å². The summed E-state index contributed by atoms with van der Waals surface area (Å²) >= 11 is 1.67. The number of carbonyl (C=O) groups is 1. The highest BCUT2D eigenvalue weighted by Crippen LogP contribution is 2.34. The third-order valence-corrected chi connectivity index (χ3v) is 5.75. The van der Waals surface area contributed by atoms with Crippen LogP contribution in [-0.2, 0) is 4.79 Å². The minimum atomic E-state index is 0.0597. The molecule has 0 bridgehead atoms. The number of hydrogen-bond donors (Lipinski definition) is 0. The number of nitrogens with zero attached hydrogens (tertiary/aromatic N) is 3. The maximum Gasteiger partial charge on any atom is 0.246 e. The number of piperazine rings is 1. The van der Waals surface area contributed by atoms with E-state index in [1.165, 1.54) is 0 Å². The summed E-state index contributed by atoms with van der Waals surface area (Å²) in [5.74, 6) is 0.860. The third kappa shape index (κ3) is 3.80. The lowest BCUT2D eigenvalue weighted by Crippen LogP contribution is -2.48. The maximum atomic E-state index is 12.4. The average molecular weight is 379 g/mol. The zero-order chi connectivity index (χ0) is 18.6. The number of amides is 1. The van der Waals surface area contributed by atoms with E-state index in [-0.39, 0.29) is 5.91 Å². The molecule has 0 N–H and O–H groups in total. The Labute approximate surface area is 162 Å². The highest BCUT2D eigenvalue weighted by atomic mass is 32.1. The smallest absolute Gasteiger partial charge is 0.246 e. The lowest BCUT2D eigenvalue weighted by Gasteiger charge is -2.34. The number of fused-ring (bicyclic) bond motifs is 1. The van der Waals surface area contributed by atoms with Crippen molar-refractivity contribution < 1.29 is 9.53 Å². The number of rotatable bonds is 4. The molecule has 0 radical (unpaired) electrons. The van der Waals surface area contributed by atoms with Crippen LogP contribution in [0.15, 0.2) is 54.6 Å². The normalized spacial score (nSPS) is 14.9. The fourth-order valence-electron chi connectivity index (χ4n) is 3.17. The molecule has 6 heteroatoms. The van der Waals surface area contributed by atoms with Crippen LogP contribution in [0.1, 0.15) is 5.56 Å². The van der Waals surface area contributed by atoms with E-state index in [4.69, 9.17) is 9.72 Å². The van der Waals surface area contributed by atoms with Crippen LogP contribution in [0.5, 0.6) is 5.75 Å². The molecule has 2 heterocycles. The lowest BCUT2D eigenvalue weighted by atomic mass is 10.2. The molecule has 0 unspecified atom stereocenters. The molecule has 1 fully saturated rings. The maximum absolute atomic E-state index is 12.4. The van der Waals surface area contributed by atoms with Crippen molar-refractivity contribution in [3.63, 3.8) is 0 Å². The minimum absolute atomic E-state index is 0.0597. The van der Waals surface area contributed by atoms with Crippen molar-refractivity contribution in [1.29, 1.82) is 0 Å². The molecule has 2 aromatic carbocycles. The van der Waals surface area contributed by atoms with Crippen LogP contribution >= 0.6 is 11.3 Å². The second-order valence-electron chi connectivity index (χ2n) is 6.36. The first-order chi connectivity index (χ1) is 13.2. The van der Waals surface area contributed by atoms with Crippen molar-refractivity contribution in [3.8, 4) is 5.75 Å². The summed E-state index contributed by atoms with van der Waals surface area (Å²) in [5, 5.41) is 0.987. The number of methoxy groups -OCH3 is 1. The quantitative estimate of drug-likeness (QED) is 0.649. The Morgan fingerprint density at radius 3 is 2.59 bits per heavy atom. The van der Waals surface area contributed by atoms with Gasteiger partial charge in [0.1, 0.15) is 11.3 Å². The second kappa shape index (κ2) is 7.80. The van der Waals surface area contributed by atoms with Gasteiger partial charge in [-0.25, -0.2) is 4.98 Å². The van der Waals surface area contributed by atoms with Gasteiger partial charge in [0.05, 0.1) is 11.8 Å². The average Bonchev–Trinajstić information content (AvgIpc) is 3.17. The Bertz CT molecular complexity index is 960. The molecule has 0 aliphatic carbocycles. The Morgan fingerprint density at radius 2 is 1.85 bits per heavy atom. The SMILES string of the molecule is COc1cccc2sc(N3CCN(C(=O)/C=C/c4ccccc4)CC3)nc12. The summed E-state index contributed by atoms with van der Waals surface area (Å²) in [7, 11) is 1.67. The number of para-hydroxylation sites is 1. The molecule has 1 saturated heterocycles. The monoisotopic (exact) mass is 379 g/mol. The van der Waals surface area contributed by atoms with Crippen molar-refractivity contribution in [2.45, 2.75) is 0 Å². The zero-order valence-electron chi connectivity index (χ0n) is 15.2. The number of ether oxygens (including phenoxy) is 1. The van der Waals surface area contributed by atoms with E-state index in [2.05, 4.69) is 11.0 Å². The van der Waals surface area contributed by atoms with Gasteiger partial charge in [0.25, 0.3) is 0 Å². The Balaban J connectivity index is 1.40. The molecule has 0 atom stereocenters. The second-order valence-corrected chi connectivity index (χ2v) is 7.37. The van der Waals surface area contributed by atoms with Crippen LogP contribution in [0.25, 0.3) is 16.3 Å². The van der Waals surface area contributed by atoms with E-state index in [0.717, 1.165) is 39.8 Å². The summed E-state index contributed by atoms with van der Waals surface area (Å²) < 4.78 is 6.52. The van der Waals surface area contributed by atoms with Gasteiger partial charge in [0.15, 0.2) is 5.13 Å². The van der Waals surface area contributed by atoms with Crippen molar-refractivity contribution in [1.82, 2.24) is 9.88 Å². The Morgan fingerprint density at radius 1 is 1.07 bits per heavy atom. The predicted octanol–water partition coefficient (Wildman–Crippen LogP) is 3.67. The highest BCUT2D eigenvalue weighted by Gasteiger charge is 2.22. The van der Waals surface area contributed by atoms with Crippen molar-refractivity contribution in [2.75, 3.05) is 38.2 Å². The fraction of sp³-hybridized carbons (Fsp3) is 0.238. The minimum Gasteiger partial charge on any atom is -0.494 e. The van der Waals surface area contributed by atoms with E-state index >= 15 is 0 Å². The van der Waals surface area contributed by atoms with Crippen molar-refractivity contribution in [2.24, 2.45) is 0 Å². The zero-order valence-corrected chi connectivity index (χ0v) is 16.0. The summed E-state index contributed by atoms with van der Waals surface area (Å²) in [5.41, 5.74) is 1.94. The third-order valence-electron chi connectivity index (χ3n) is 4.67. The molecule has 4 rings (SSSR count). The lowest BCUT2D eigenvalue weighted by molar-refractivity contribution is -0.126. The van der Waals surface area contributed by atoms with Crippen LogP contribution < -0.4 is 9.64 Å². The van der Waals surface area contributed by atoms with Crippen LogP contribution in [0.3, 0.4) is 0 Å². The van der Waals surface area contributed by atoms with Crippen LogP contribution in [0, 0.1) is 0 Å². The first kappa shape index (κ1) is 17.5. The largest absolute Gasteiger partial charge is 0.494 e. The standard InChI is InChI=1S/C21H21N3O2S/c1-26-17-8-5-9-18-20(17)22-21(27-18)24-14-12-23(13-15-24)19(25)11-10-16-6-3-2-4-7-16/h2-11H,12-15H2,1H3/b11-10+. The van der Waals surface area contributed by atoms with Crippen molar-refractivity contribution >= 4 is 38.7 Å². The number of aromatic nitrogens is 1. The summed E-state index contributed by atoms with van der Waals surface area (Å²) in [6.45, 7) is 2.97. The predicted molar refractivity (Wildman–Crippen MR) is 110 cm³/mol. The van der Waals surface area contributed by atoms with E-state index in [9.17, 15) is 4.79 Å². The highest BCUT2D eigenvalue weighted by molar-refractivity contribution is 7.22. The van der Waals surface area contributed by atoms with Gasteiger partial charge in [-0.15, -0.1) is 0 Å². The molecule has 1 amide bonds. The van der Waals surface area contributed by atoms with Crippen LogP contribution in [0.4, 0.5) is 5.13 Å². The molecule has 1 aromatic heterocycles. The van der Waals surface area contributed by atoms with Crippen LogP contribution in [0.2, 0.25) is 0 Å². The number of anilines is 1. The number of hydrogen-bond acceptors (Lipinski definition) is 5. The molecule has 3 aromatic rings. The van der Waals surface area contributed by atoms with E-state index < -0.39 is 0 Å². The van der Waals surface area contributed by atoms with Crippen molar-refractivity contribution in [3.05, 3.63) is 60.2 Å². The fourth-order valence-corrected chi connectivity index (χ4v) is 4.20. The molecule has 1 aliphatic heterocycles. The molecule has 1 aliphatic rings. The van der Waals surface area contributed by atoms with Gasteiger partial charge in [0.2, 0.25) is 5.91 Å². The Kier molecular flexibility index (Phi) is 5.07. The van der Waals surface area contributed by atoms with Gasteiger partial charge >= 0.3 is 0 Å². The summed E-state index contributed by atoms with van der Waals surface area (Å²) in [6, 6.07) is 15.9. The Hall–Kier alpha value is -2.86. The summed E-state index contributed by atoms with van der Waals surface area (Å²) in [4.78, 5) is 21.3. The van der Waals surface area contributed by atoms with Gasteiger partial charge in [-0.1, -0.05) is 47.7 Å². The number of carbonyl (C=O) groups excluding carboxylic acids is 1. The topological polar surface area (TPSA) is 45.7 Å². The van der Waals surface area contributed by atoms with Gasteiger partial charge in [-0.3, -0.25) is 4.79 Å². The first-order valence-electron chi connectivity index (χ1n) is 8.95. The molecule has 138 valence electrons. The molecule has 27 heavy (non-hydrogen) atoms. The van der Waals surface area contributed by atoms with Gasteiger partial charge in [-0.2, -0.15) is 0 Å². The summed E-state index contributed by atoms with van der Waals surface area (Å²) in [6.07, 6.45) is 3.53. The first-order valence-corrected chi connectivity index (χ1v) is 9.77. The van der Waals surface area contributed by atoms with E-state index in [1.54, 1.807) is 24.5 Å². The van der Waals surface area contributed by atoms with Gasteiger partial charge in [0, 0.05) is 32.3 Å². The number of benzene rings is 2. The molecule has 0 spiro atoms. The number of thiazole rings is 1. The molecular formula is C21H21N3O2S. The molecule has 5 nitrogen and oxygen atoms in total. The van der Waals surface area contributed by atoms with Crippen LogP contribution in [-0.4, -0.2) is 49.1 Å². The molecule has 0 saturated carbocycles. The van der Waals surface area contributed by atoms with E-state index in [0.29, 0.717) is 13.1 Å². The van der Waals surface area contributed by atoms with E-state index in [1.807, 2.05) is 53.4 Å².